The van der Waals surface area contributed by atoms with E-state index in [2.05, 4.69) is 13.8 Å². The van der Waals surface area contributed by atoms with Gasteiger partial charge in [0, 0.05) is 12.3 Å². The molecule has 0 radical (unpaired) electrons. The van der Waals surface area contributed by atoms with Gasteiger partial charge in [0.15, 0.2) is 0 Å². The van der Waals surface area contributed by atoms with Crippen LogP contribution < -0.4 is 0 Å². The van der Waals surface area contributed by atoms with Crippen molar-refractivity contribution >= 4 is 17.5 Å². The first-order valence-corrected chi connectivity index (χ1v) is 5.61. The maximum Gasteiger partial charge on any atom is 0.141 e. The predicted octanol–water partition coefficient (Wildman–Crippen LogP) is 1.94. The van der Waals surface area contributed by atoms with Crippen LogP contribution in [0.1, 0.15) is 20.3 Å². The number of ether oxygens (including phenoxy) is 1. The summed E-state index contributed by atoms with van der Waals surface area (Å²) in [5.41, 5.74) is 0.104. The van der Waals surface area contributed by atoms with Crippen molar-refractivity contribution in [2.75, 3.05) is 12.9 Å². The summed E-state index contributed by atoms with van der Waals surface area (Å²) in [6.45, 7) is 4.76. The molecule has 1 aliphatic heterocycles. The summed E-state index contributed by atoms with van der Waals surface area (Å²) in [6, 6.07) is 0. The van der Waals surface area contributed by atoms with Gasteiger partial charge in [0.05, 0.1) is 6.61 Å². The number of rotatable bonds is 2. The number of hydrogen-bond acceptors (Lipinski definition) is 3. The van der Waals surface area contributed by atoms with Crippen LogP contribution in [0.5, 0.6) is 0 Å². The first kappa shape index (κ1) is 10.1. The van der Waals surface area contributed by atoms with E-state index in [1.165, 1.54) is 0 Å². The molecule has 0 spiro atoms. The van der Waals surface area contributed by atoms with Crippen molar-refractivity contribution in [1.82, 2.24) is 0 Å². The second kappa shape index (κ2) is 4.28. The molecule has 0 aromatic heterocycles. The lowest BCUT2D eigenvalue weighted by Gasteiger charge is -2.28. The predicted molar refractivity (Wildman–Crippen MR) is 51.2 cm³/mol. The van der Waals surface area contributed by atoms with Gasteiger partial charge in [0.25, 0.3) is 0 Å². The lowest BCUT2D eigenvalue weighted by molar-refractivity contribution is -0.133. The number of carbonyl (C=O) groups excluding carboxylic acids is 1. The van der Waals surface area contributed by atoms with E-state index >= 15 is 0 Å². The summed E-state index contributed by atoms with van der Waals surface area (Å²) in [5, 5.41) is 0. The van der Waals surface area contributed by atoms with Crippen LogP contribution in [0.3, 0.4) is 0 Å². The zero-order valence-corrected chi connectivity index (χ0v) is 8.69. The molecule has 1 heterocycles. The molecule has 70 valence electrons. The Morgan fingerprint density at radius 1 is 1.58 bits per heavy atom. The minimum Gasteiger partial charge on any atom is -0.366 e. The normalized spacial score (nSPS) is 31.2. The molecule has 0 saturated carbocycles. The monoisotopic (exact) mass is 188 g/mol. The van der Waals surface area contributed by atoms with Crippen molar-refractivity contribution in [3.63, 3.8) is 0 Å². The third kappa shape index (κ3) is 2.23. The molecule has 2 nitrogen and oxygen atoms in total. The third-order valence-corrected chi connectivity index (χ3v) is 3.14. The summed E-state index contributed by atoms with van der Waals surface area (Å²) in [5.74, 6) is 0.921. The fourth-order valence-electron chi connectivity index (χ4n) is 1.39. The molecule has 0 amide bonds. The van der Waals surface area contributed by atoms with Crippen molar-refractivity contribution < 1.29 is 9.53 Å². The quantitative estimate of drug-likeness (QED) is 0.662. The molecule has 1 rings (SSSR count). The van der Waals surface area contributed by atoms with E-state index in [0.717, 1.165) is 0 Å². The van der Waals surface area contributed by atoms with Gasteiger partial charge in [-0.05, 0) is 12.2 Å². The largest absolute Gasteiger partial charge is 0.366 e. The van der Waals surface area contributed by atoms with Gasteiger partial charge >= 0.3 is 0 Å². The van der Waals surface area contributed by atoms with Crippen LogP contribution in [0.25, 0.3) is 0 Å². The Bertz CT molecular complexity index is 168. The fourth-order valence-corrected chi connectivity index (χ4v) is 1.94. The van der Waals surface area contributed by atoms with Gasteiger partial charge in [-0.3, -0.25) is 4.79 Å². The van der Waals surface area contributed by atoms with Crippen LogP contribution in [0.15, 0.2) is 0 Å². The Hall–Kier alpha value is -0.0200. The van der Waals surface area contributed by atoms with Gasteiger partial charge in [0.1, 0.15) is 11.2 Å². The van der Waals surface area contributed by atoms with Crippen LogP contribution in [-0.2, 0) is 9.53 Å². The van der Waals surface area contributed by atoms with Crippen molar-refractivity contribution in [2.24, 2.45) is 11.8 Å². The first-order valence-electron chi connectivity index (χ1n) is 4.32. The Labute approximate surface area is 78.1 Å². The molecule has 1 saturated heterocycles. The molecule has 3 heteroatoms. The van der Waals surface area contributed by atoms with Gasteiger partial charge < -0.3 is 4.74 Å². The van der Waals surface area contributed by atoms with Crippen molar-refractivity contribution in [3.05, 3.63) is 0 Å². The van der Waals surface area contributed by atoms with Gasteiger partial charge in [-0.2, -0.15) is 0 Å². The third-order valence-electron chi connectivity index (χ3n) is 2.31. The maximum atomic E-state index is 11.5. The highest BCUT2D eigenvalue weighted by molar-refractivity contribution is 7.99. The molecule has 0 aromatic carbocycles. The molecular weight excluding hydrogens is 172 g/mol. The fraction of sp³-hybridized carbons (Fsp3) is 0.889. The maximum absolute atomic E-state index is 11.5. The topological polar surface area (TPSA) is 26.3 Å². The number of thioether (sulfide) groups is 1. The van der Waals surface area contributed by atoms with Crippen LogP contribution in [0.2, 0.25) is 0 Å². The Kier molecular flexibility index (Phi) is 3.59. The molecule has 0 bridgehead atoms. The van der Waals surface area contributed by atoms with Gasteiger partial charge in [-0.1, -0.05) is 13.8 Å². The standard InChI is InChI=1S/C9H16O2S/c1-6(2)7-5-11-9(12-3)4-8(7)10/h6-7,9H,4-5H2,1-3H3. The van der Waals surface area contributed by atoms with Gasteiger partial charge in [-0.15, -0.1) is 11.8 Å². The molecule has 0 aromatic rings. The van der Waals surface area contributed by atoms with Crippen molar-refractivity contribution in [1.29, 1.82) is 0 Å². The average Bonchev–Trinajstić information content (AvgIpc) is 2.03. The second-order valence-electron chi connectivity index (χ2n) is 3.52. The Balaban J connectivity index is 2.48. The SMILES string of the molecule is CSC1CC(=O)C(C(C)C)CO1. The van der Waals surface area contributed by atoms with E-state index in [9.17, 15) is 4.79 Å². The first-order chi connectivity index (χ1) is 5.65. The molecule has 0 N–H and O–H groups in total. The minimum atomic E-state index is 0.104. The lowest BCUT2D eigenvalue weighted by Crippen LogP contribution is -2.35. The highest BCUT2D eigenvalue weighted by Crippen LogP contribution is 2.26. The van der Waals surface area contributed by atoms with Crippen LogP contribution in [0, 0.1) is 11.8 Å². The van der Waals surface area contributed by atoms with Crippen LogP contribution >= 0.6 is 11.8 Å². The summed E-state index contributed by atoms with van der Waals surface area (Å²) in [4.78, 5) is 11.5. The molecule has 0 aliphatic carbocycles. The van der Waals surface area contributed by atoms with E-state index in [1.807, 2.05) is 6.26 Å². The molecule has 12 heavy (non-hydrogen) atoms. The average molecular weight is 188 g/mol. The zero-order valence-electron chi connectivity index (χ0n) is 7.87. The van der Waals surface area contributed by atoms with Crippen molar-refractivity contribution in [3.8, 4) is 0 Å². The van der Waals surface area contributed by atoms with E-state index < -0.39 is 0 Å². The molecular formula is C9H16O2S. The Morgan fingerprint density at radius 2 is 2.25 bits per heavy atom. The molecule has 1 fully saturated rings. The van der Waals surface area contributed by atoms with Gasteiger partial charge in [0.2, 0.25) is 0 Å². The van der Waals surface area contributed by atoms with E-state index in [0.29, 0.717) is 24.7 Å². The van der Waals surface area contributed by atoms with E-state index in [4.69, 9.17) is 4.74 Å². The summed E-state index contributed by atoms with van der Waals surface area (Å²) >= 11 is 1.62. The summed E-state index contributed by atoms with van der Waals surface area (Å²) in [7, 11) is 0. The molecule has 2 atom stereocenters. The van der Waals surface area contributed by atoms with E-state index in [1.54, 1.807) is 11.8 Å². The number of Topliss-reactive ketones (excluding diaryl/α,β-unsaturated/α-hetero) is 1. The highest BCUT2D eigenvalue weighted by Gasteiger charge is 2.30. The van der Waals surface area contributed by atoms with E-state index in [-0.39, 0.29) is 11.4 Å². The molecule has 2 unspecified atom stereocenters. The van der Waals surface area contributed by atoms with Crippen molar-refractivity contribution in [2.45, 2.75) is 25.7 Å². The minimum absolute atomic E-state index is 0.104. The molecule has 1 aliphatic rings. The van der Waals surface area contributed by atoms with Gasteiger partial charge in [-0.25, -0.2) is 0 Å². The number of ketones is 1. The number of hydrogen-bond donors (Lipinski definition) is 0. The summed E-state index contributed by atoms with van der Waals surface area (Å²) < 4.78 is 5.51. The highest BCUT2D eigenvalue weighted by atomic mass is 32.2. The van der Waals surface area contributed by atoms with Crippen LogP contribution in [0.4, 0.5) is 0 Å². The summed E-state index contributed by atoms with van der Waals surface area (Å²) in [6.07, 6.45) is 2.57. The van der Waals surface area contributed by atoms with Crippen LogP contribution in [-0.4, -0.2) is 24.1 Å². The number of carbonyl (C=O) groups is 1. The lowest BCUT2D eigenvalue weighted by atomic mass is 9.89. The zero-order chi connectivity index (χ0) is 9.14. The Morgan fingerprint density at radius 3 is 2.67 bits per heavy atom. The smallest absolute Gasteiger partial charge is 0.141 e. The second-order valence-corrected chi connectivity index (χ2v) is 4.52.